The van der Waals surface area contributed by atoms with Crippen molar-refractivity contribution in [1.29, 1.82) is 5.26 Å². The maximum absolute atomic E-state index is 11.7. The van der Waals surface area contributed by atoms with Crippen molar-refractivity contribution in [2.45, 2.75) is 26.4 Å². The van der Waals surface area contributed by atoms with Crippen molar-refractivity contribution in [2.24, 2.45) is 0 Å². The van der Waals surface area contributed by atoms with Gasteiger partial charge in [-0.3, -0.25) is 4.57 Å². The Morgan fingerprint density at radius 2 is 2.25 bits per heavy atom. The molecule has 0 atom stereocenters. The standard InChI is InChI=1S/C12H14N2O2/c1-12(2,3)16-11(15)14-9-5-7-10(14)6-4-8-13/h4-7,9H,1-3H3/b6-4+. The van der Waals surface area contributed by atoms with Gasteiger partial charge in [0.1, 0.15) is 5.60 Å². The van der Waals surface area contributed by atoms with Crippen LogP contribution >= 0.6 is 0 Å². The molecule has 1 rings (SSSR count). The Labute approximate surface area is 94.7 Å². The first-order valence-corrected chi connectivity index (χ1v) is 4.91. The van der Waals surface area contributed by atoms with Crippen LogP contribution in [0, 0.1) is 11.3 Å². The molecule has 0 radical (unpaired) electrons. The van der Waals surface area contributed by atoms with Gasteiger partial charge < -0.3 is 4.74 Å². The number of nitriles is 1. The second kappa shape index (κ2) is 4.67. The van der Waals surface area contributed by atoms with E-state index in [2.05, 4.69) is 0 Å². The molecule has 0 aliphatic rings. The van der Waals surface area contributed by atoms with Crippen LogP contribution in [0.3, 0.4) is 0 Å². The Morgan fingerprint density at radius 3 is 2.81 bits per heavy atom. The van der Waals surface area contributed by atoms with Gasteiger partial charge in [-0.2, -0.15) is 5.26 Å². The quantitative estimate of drug-likeness (QED) is 0.681. The third-order valence-electron chi connectivity index (χ3n) is 1.70. The third-order valence-corrected chi connectivity index (χ3v) is 1.70. The lowest BCUT2D eigenvalue weighted by atomic mass is 10.2. The van der Waals surface area contributed by atoms with Crippen molar-refractivity contribution in [3.8, 4) is 6.07 Å². The molecule has 0 aliphatic heterocycles. The molecule has 1 heterocycles. The predicted octanol–water partition coefficient (Wildman–Crippen LogP) is 2.81. The molecule has 0 bridgehead atoms. The van der Waals surface area contributed by atoms with Crippen molar-refractivity contribution in [1.82, 2.24) is 4.57 Å². The van der Waals surface area contributed by atoms with Crippen LogP contribution in [-0.4, -0.2) is 16.3 Å². The number of carbonyl (C=O) groups is 1. The molecule has 0 fully saturated rings. The van der Waals surface area contributed by atoms with Gasteiger partial charge in [-0.25, -0.2) is 4.79 Å². The molecule has 0 unspecified atom stereocenters. The van der Waals surface area contributed by atoms with E-state index in [9.17, 15) is 4.79 Å². The zero-order valence-electron chi connectivity index (χ0n) is 9.60. The van der Waals surface area contributed by atoms with Crippen LogP contribution in [0.25, 0.3) is 6.08 Å². The topological polar surface area (TPSA) is 55.0 Å². The van der Waals surface area contributed by atoms with E-state index in [1.165, 1.54) is 10.6 Å². The van der Waals surface area contributed by atoms with Crippen LogP contribution in [0.5, 0.6) is 0 Å². The molecule has 1 aromatic heterocycles. The molecule has 1 aromatic rings. The fourth-order valence-electron chi connectivity index (χ4n) is 1.13. The summed E-state index contributed by atoms with van der Waals surface area (Å²) in [6.45, 7) is 5.41. The van der Waals surface area contributed by atoms with Crippen LogP contribution in [0.1, 0.15) is 26.5 Å². The first-order valence-electron chi connectivity index (χ1n) is 4.91. The summed E-state index contributed by atoms with van der Waals surface area (Å²) in [7, 11) is 0. The summed E-state index contributed by atoms with van der Waals surface area (Å²) in [5, 5.41) is 8.42. The summed E-state index contributed by atoms with van der Waals surface area (Å²) in [5.41, 5.74) is 0.0909. The Balaban J connectivity index is 2.89. The summed E-state index contributed by atoms with van der Waals surface area (Å²) < 4.78 is 6.57. The summed E-state index contributed by atoms with van der Waals surface area (Å²) in [5.74, 6) is 0. The summed E-state index contributed by atoms with van der Waals surface area (Å²) in [6.07, 6.45) is 4.03. The highest BCUT2D eigenvalue weighted by molar-refractivity contribution is 5.74. The van der Waals surface area contributed by atoms with Gasteiger partial charge in [0.15, 0.2) is 0 Å². The van der Waals surface area contributed by atoms with Crippen LogP contribution in [0.4, 0.5) is 4.79 Å². The van der Waals surface area contributed by atoms with E-state index < -0.39 is 11.7 Å². The zero-order chi connectivity index (χ0) is 12.2. The number of nitrogens with zero attached hydrogens (tertiary/aromatic N) is 2. The molecule has 0 aliphatic carbocycles. The summed E-state index contributed by atoms with van der Waals surface area (Å²) in [4.78, 5) is 11.7. The molecule has 16 heavy (non-hydrogen) atoms. The average molecular weight is 218 g/mol. The fraction of sp³-hybridized carbons (Fsp3) is 0.333. The monoisotopic (exact) mass is 218 g/mol. The van der Waals surface area contributed by atoms with Gasteiger partial charge in [-0.15, -0.1) is 0 Å². The highest BCUT2D eigenvalue weighted by Gasteiger charge is 2.18. The predicted molar refractivity (Wildman–Crippen MR) is 60.7 cm³/mol. The number of ether oxygens (including phenoxy) is 1. The van der Waals surface area contributed by atoms with Crippen LogP contribution in [0.15, 0.2) is 24.4 Å². The van der Waals surface area contributed by atoms with Crippen molar-refractivity contribution in [3.63, 3.8) is 0 Å². The lowest BCUT2D eigenvalue weighted by Crippen LogP contribution is -2.27. The molecule has 0 amide bonds. The molecule has 0 aromatic carbocycles. The lowest BCUT2D eigenvalue weighted by molar-refractivity contribution is 0.0536. The van der Waals surface area contributed by atoms with Gasteiger partial charge in [-0.05, 0) is 39.0 Å². The van der Waals surface area contributed by atoms with E-state index >= 15 is 0 Å². The normalized spacial score (nSPS) is 11.4. The fourth-order valence-corrected chi connectivity index (χ4v) is 1.13. The minimum Gasteiger partial charge on any atom is -0.443 e. The van der Waals surface area contributed by atoms with Gasteiger partial charge in [0.05, 0.1) is 11.8 Å². The Morgan fingerprint density at radius 1 is 1.56 bits per heavy atom. The second-order valence-corrected chi connectivity index (χ2v) is 4.25. The highest BCUT2D eigenvalue weighted by atomic mass is 16.6. The SMILES string of the molecule is CC(C)(C)OC(=O)n1cccc1/C=C/C#N. The van der Waals surface area contributed by atoms with E-state index in [0.29, 0.717) is 5.69 Å². The number of carbonyl (C=O) groups excluding carboxylic acids is 1. The maximum Gasteiger partial charge on any atom is 0.418 e. The highest BCUT2D eigenvalue weighted by Crippen LogP contribution is 2.12. The molecule has 0 saturated heterocycles. The first kappa shape index (κ1) is 12.1. The summed E-state index contributed by atoms with van der Waals surface area (Å²) >= 11 is 0. The van der Waals surface area contributed by atoms with Crippen molar-refractivity contribution < 1.29 is 9.53 Å². The minimum atomic E-state index is -0.530. The number of allylic oxidation sites excluding steroid dienone is 1. The van der Waals surface area contributed by atoms with Crippen molar-refractivity contribution >= 4 is 12.2 Å². The maximum atomic E-state index is 11.7. The molecular weight excluding hydrogens is 204 g/mol. The first-order chi connectivity index (χ1) is 7.44. The Hall–Kier alpha value is -2.02. The van der Waals surface area contributed by atoms with Crippen molar-refractivity contribution in [2.75, 3.05) is 0 Å². The summed E-state index contributed by atoms with van der Waals surface area (Å²) in [6, 6.07) is 5.33. The Bertz CT molecular complexity index is 444. The van der Waals surface area contributed by atoms with Crippen LogP contribution < -0.4 is 0 Å². The number of rotatable bonds is 1. The smallest absolute Gasteiger partial charge is 0.418 e. The van der Waals surface area contributed by atoms with Crippen LogP contribution in [0.2, 0.25) is 0 Å². The molecule has 4 heteroatoms. The minimum absolute atomic E-state index is 0.449. The number of aromatic nitrogens is 1. The zero-order valence-corrected chi connectivity index (χ0v) is 9.60. The molecule has 4 nitrogen and oxygen atoms in total. The second-order valence-electron chi connectivity index (χ2n) is 4.25. The van der Waals surface area contributed by atoms with Crippen LogP contribution in [-0.2, 0) is 4.74 Å². The molecular formula is C12H14N2O2. The van der Waals surface area contributed by atoms with E-state index in [-0.39, 0.29) is 0 Å². The Kier molecular flexibility index (Phi) is 3.51. The molecule has 0 N–H and O–H groups in total. The van der Waals surface area contributed by atoms with Gasteiger partial charge in [-0.1, -0.05) is 0 Å². The molecule has 0 saturated carbocycles. The van der Waals surface area contributed by atoms with E-state index in [1.54, 1.807) is 45.2 Å². The van der Waals surface area contributed by atoms with Gasteiger partial charge in [0.2, 0.25) is 0 Å². The lowest BCUT2D eigenvalue weighted by Gasteiger charge is -2.19. The van der Waals surface area contributed by atoms with Crippen molar-refractivity contribution in [3.05, 3.63) is 30.1 Å². The largest absolute Gasteiger partial charge is 0.443 e. The molecule has 0 spiro atoms. The third kappa shape index (κ3) is 3.28. The number of hydrogen-bond donors (Lipinski definition) is 0. The van der Waals surface area contributed by atoms with Gasteiger partial charge >= 0.3 is 6.09 Å². The van der Waals surface area contributed by atoms with E-state index in [1.807, 2.05) is 6.07 Å². The van der Waals surface area contributed by atoms with E-state index in [4.69, 9.17) is 10.00 Å². The number of hydrogen-bond acceptors (Lipinski definition) is 3. The van der Waals surface area contributed by atoms with Gasteiger partial charge in [0.25, 0.3) is 0 Å². The molecule has 84 valence electrons. The van der Waals surface area contributed by atoms with Gasteiger partial charge in [0, 0.05) is 12.3 Å². The van der Waals surface area contributed by atoms with E-state index in [0.717, 1.165) is 0 Å². The average Bonchev–Trinajstić information content (AvgIpc) is 2.59.